The maximum Gasteiger partial charge on any atom is 0.358 e. The van der Waals surface area contributed by atoms with Gasteiger partial charge in [0.05, 0.1) is 16.4 Å². The zero-order valence-electron chi connectivity index (χ0n) is 8.82. The summed E-state index contributed by atoms with van der Waals surface area (Å²) in [5.41, 5.74) is 0.836. The molecule has 88 valence electrons. The van der Waals surface area contributed by atoms with Crippen LogP contribution >= 0.6 is 11.6 Å². The number of nitrogens with zero attached hydrogens (tertiary/aromatic N) is 2. The second-order valence-electron chi connectivity index (χ2n) is 3.44. The number of hydrogen-bond acceptors (Lipinski definition) is 2. The number of aromatic carboxylic acids is 1. The van der Waals surface area contributed by atoms with Gasteiger partial charge in [-0.1, -0.05) is 11.6 Å². The number of carboxylic acid groups (broad SMARTS) is 1. The van der Waals surface area contributed by atoms with E-state index < -0.39 is 5.97 Å². The van der Waals surface area contributed by atoms with Gasteiger partial charge in [-0.3, -0.25) is 0 Å². The first kappa shape index (κ1) is 11.6. The summed E-state index contributed by atoms with van der Waals surface area (Å²) < 4.78 is 14.1. The quantitative estimate of drug-likeness (QED) is 0.896. The van der Waals surface area contributed by atoms with Crippen LogP contribution in [0.1, 0.15) is 16.2 Å². The fraction of sp³-hybridized carbons (Fsp3) is 0.0909. The van der Waals surface area contributed by atoms with Crippen LogP contribution in [0.5, 0.6) is 0 Å². The number of benzene rings is 1. The highest BCUT2D eigenvalue weighted by Crippen LogP contribution is 2.23. The van der Waals surface area contributed by atoms with Crippen LogP contribution in [0, 0.1) is 12.7 Å². The van der Waals surface area contributed by atoms with Crippen molar-refractivity contribution in [2.45, 2.75) is 6.92 Å². The van der Waals surface area contributed by atoms with Crippen molar-refractivity contribution in [3.8, 4) is 5.69 Å². The second-order valence-corrected chi connectivity index (χ2v) is 3.82. The lowest BCUT2D eigenvalue weighted by molar-refractivity contribution is 0.0690. The minimum Gasteiger partial charge on any atom is -0.476 e. The van der Waals surface area contributed by atoms with E-state index in [9.17, 15) is 9.18 Å². The molecule has 0 aliphatic heterocycles. The molecule has 0 atom stereocenters. The summed E-state index contributed by atoms with van der Waals surface area (Å²) in [7, 11) is 0. The number of aromatic nitrogens is 2. The van der Waals surface area contributed by atoms with Gasteiger partial charge in [0.2, 0.25) is 0 Å². The molecule has 0 saturated carbocycles. The number of halogens is 2. The largest absolute Gasteiger partial charge is 0.476 e. The fourth-order valence-corrected chi connectivity index (χ4v) is 1.65. The van der Waals surface area contributed by atoms with E-state index in [1.165, 1.54) is 28.9 Å². The molecule has 1 heterocycles. The zero-order valence-corrected chi connectivity index (χ0v) is 9.57. The maximum absolute atomic E-state index is 12.8. The number of hydrogen-bond donors (Lipinski definition) is 1. The monoisotopic (exact) mass is 254 g/mol. The van der Waals surface area contributed by atoms with Crippen molar-refractivity contribution in [2.24, 2.45) is 0 Å². The summed E-state index contributed by atoms with van der Waals surface area (Å²) in [6, 6.07) is 5.53. The summed E-state index contributed by atoms with van der Waals surface area (Å²) in [6.45, 7) is 1.64. The zero-order chi connectivity index (χ0) is 12.6. The SMILES string of the molecule is Cc1c(Cl)c(C(=O)O)nn1-c1ccc(F)cc1. The van der Waals surface area contributed by atoms with Crippen molar-refractivity contribution >= 4 is 17.6 Å². The molecule has 0 saturated heterocycles. The third-order valence-electron chi connectivity index (χ3n) is 2.32. The van der Waals surface area contributed by atoms with E-state index in [0.29, 0.717) is 11.4 Å². The standard InChI is InChI=1S/C11H8ClFN2O2/c1-6-9(12)10(11(16)17)14-15(6)8-4-2-7(13)3-5-8/h2-5H,1H3,(H,16,17). The van der Waals surface area contributed by atoms with Crippen LogP contribution in [-0.2, 0) is 0 Å². The lowest BCUT2D eigenvalue weighted by Gasteiger charge is -2.03. The first-order valence-corrected chi connectivity index (χ1v) is 5.13. The van der Waals surface area contributed by atoms with Gasteiger partial charge in [-0.15, -0.1) is 0 Å². The molecular formula is C11H8ClFN2O2. The van der Waals surface area contributed by atoms with Gasteiger partial charge < -0.3 is 5.11 Å². The third-order valence-corrected chi connectivity index (χ3v) is 2.77. The summed E-state index contributed by atoms with van der Waals surface area (Å²) in [5.74, 6) is -1.57. The molecule has 1 N–H and O–H groups in total. The van der Waals surface area contributed by atoms with E-state index >= 15 is 0 Å². The minimum absolute atomic E-state index is 0.0850. The van der Waals surface area contributed by atoms with Crippen molar-refractivity contribution in [1.29, 1.82) is 0 Å². The van der Waals surface area contributed by atoms with Gasteiger partial charge in [-0.25, -0.2) is 13.9 Å². The van der Waals surface area contributed by atoms with Gasteiger partial charge in [0, 0.05) is 0 Å². The smallest absolute Gasteiger partial charge is 0.358 e. The van der Waals surface area contributed by atoms with Crippen LogP contribution in [0.2, 0.25) is 5.02 Å². The molecule has 0 aliphatic rings. The summed E-state index contributed by atoms with van der Waals surface area (Å²) >= 11 is 5.85. The van der Waals surface area contributed by atoms with Gasteiger partial charge >= 0.3 is 5.97 Å². The molecule has 0 radical (unpaired) electrons. The molecule has 0 aliphatic carbocycles. The van der Waals surface area contributed by atoms with Crippen LogP contribution in [0.4, 0.5) is 4.39 Å². The number of carboxylic acids is 1. The van der Waals surface area contributed by atoms with Gasteiger partial charge in [0.15, 0.2) is 5.69 Å². The predicted octanol–water partition coefficient (Wildman–Crippen LogP) is 2.67. The molecule has 0 spiro atoms. The Kier molecular flexibility index (Phi) is 2.85. The van der Waals surface area contributed by atoms with E-state index in [2.05, 4.69) is 5.10 Å². The van der Waals surface area contributed by atoms with E-state index in [1.807, 2.05) is 0 Å². The van der Waals surface area contributed by atoms with E-state index in [4.69, 9.17) is 16.7 Å². The van der Waals surface area contributed by atoms with Crippen LogP contribution in [0.15, 0.2) is 24.3 Å². The van der Waals surface area contributed by atoms with Crippen molar-refractivity contribution < 1.29 is 14.3 Å². The van der Waals surface area contributed by atoms with Gasteiger partial charge in [-0.05, 0) is 31.2 Å². The van der Waals surface area contributed by atoms with Crippen molar-refractivity contribution in [3.05, 3.63) is 46.5 Å². The Morgan fingerprint density at radius 2 is 2.00 bits per heavy atom. The Bertz CT molecular complexity index is 578. The summed E-state index contributed by atoms with van der Waals surface area (Å²) in [6.07, 6.45) is 0. The molecule has 0 unspecified atom stereocenters. The Morgan fingerprint density at radius 3 is 2.47 bits per heavy atom. The third kappa shape index (κ3) is 2.01. The van der Waals surface area contributed by atoms with Gasteiger partial charge in [-0.2, -0.15) is 5.10 Å². The Morgan fingerprint density at radius 1 is 1.41 bits per heavy atom. The molecule has 4 nitrogen and oxygen atoms in total. The Labute approximate surface area is 101 Å². The molecule has 2 aromatic rings. The molecule has 0 bridgehead atoms. The Hall–Kier alpha value is -1.88. The topological polar surface area (TPSA) is 55.1 Å². The highest BCUT2D eigenvalue weighted by molar-refractivity contribution is 6.33. The van der Waals surface area contributed by atoms with Gasteiger partial charge in [0.1, 0.15) is 5.82 Å². The van der Waals surface area contributed by atoms with Crippen LogP contribution in [0.3, 0.4) is 0 Å². The molecule has 6 heteroatoms. The average Bonchev–Trinajstić information content (AvgIpc) is 2.58. The molecule has 0 fully saturated rings. The highest BCUT2D eigenvalue weighted by Gasteiger charge is 2.19. The molecular weight excluding hydrogens is 247 g/mol. The predicted molar refractivity (Wildman–Crippen MR) is 60.2 cm³/mol. The lowest BCUT2D eigenvalue weighted by atomic mass is 10.3. The summed E-state index contributed by atoms with van der Waals surface area (Å²) in [5, 5.41) is 12.8. The van der Waals surface area contributed by atoms with Crippen molar-refractivity contribution in [1.82, 2.24) is 9.78 Å². The summed E-state index contributed by atoms with van der Waals surface area (Å²) in [4.78, 5) is 10.9. The highest BCUT2D eigenvalue weighted by atomic mass is 35.5. The molecule has 1 aromatic carbocycles. The fourth-order valence-electron chi connectivity index (χ4n) is 1.45. The van der Waals surface area contributed by atoms with E-state index in [-0.39, 0.29) is 16.5 Å². The molecule has 1 aromatic heterocycles. The minimum atomic E-state index is -1.20. The van der Waals surface area contributed by atoms with Crippen LogP contribution in [0.25, 0.3) is 5.69 Å². The van der Waals surface area contributed by atoms with Crippen LogP contribution in [-0.4, -0.2) is 20.9 Å². The van der Waals surface area contributed by atoms with Crippen LogP contribution < -0.4 is 0 Å². The molecule has 0 amide bonds. The average molecular weight is 255 g/mol. The molecule has 2 rings (SSSR count). The molecule has 17 heavy (non-hydrogen) atoms. The number of rotatable bonds is 2. The maximum atomic E-state index is 12.8. The first-order chi connectivity index (χ1) is 8.00. The van der Waals surface area contributed by atoms with E-state index in [1.54, 1.807) is 6.92 Å². The number of carbonyl (C=O) groups is 1. The second kappa shape index (κ2) is 4.18. The Balaban J connectivity index is 2.56. The van der Waals surface area contributed by atoms with E-state index in [0.717, 1.165) is 0 Å². The normalized spacial score (nSPS) is 10.5. The van der Waals surface area contributed by atoms with Gasteiger partial charge in [0.25, 0.3) is 0 Å². The lowest BCUT2D eigenvalue weighted by Crippen LogP contribution is -2.02. The van der Waals surface area contributed by atoms with Crippen molar-refractivity contribution in [3.63, 3.8) is 0 Å². The first-order valence-electron chi connectivity index (χ1n) is 4.75. The van der Waals surface area contributed by atoms with Crippen molar-refractivity contribution in [2.75, 3.05) is 0 Å².